The number of halogens is 2. The van der Waals surface area contributed by atoms with Crippen LogP contribution in [-0.4, -0.2) is 0 Å². The maximum atomic E-state index is 12.6. The first-order valence-electron chi connectivity index (χ1n) is 2.61. The normalized spacial score (nSPS) is 9.80. The summed E-state index contributed by atoms with van der Waals surface area (Å²) in [5.41, 5.74) is 11.2. The molecule has 1 aromatic carbocycles. The van der Waals surface area contributed by atoms with Crippen molar-refractivity contribution in [3.63, 3.8) is 0 Å². The van der Waals surface area contributed by atoms with Crippen LogP contribution >= 0.6 is 22.6 Å². The van der Waals surface area contributed by atoms with E-state index in [1.54, 1.807) is 6.07 Å². The van der Waals surface area contributed by atoms with Crippen LogP contribution in [-0.2, 0) is 0 Å². The highest BCUT2D eigenvalue weighted by molar-refractivity contribution is 14.1. The zero-order chi connectivity index (χ0) is 7.72. The monoisotopic (exact) mass is 252 g/mol. The highest BCUT2D eigenvalue weighted by Crippen LogP contribution is 2.21. The van der Waals surface area contributed by atoms with Gasteiger partial charge in [-0.2, -0.15) is 0 Å². The fraction of sp³-hybridized carbons (Fsp3) is 0. The minimum absolute atomic E-state index is 0.162. The van der Waals surface area contributed by atoms with Crippen molar-refractivity contribution in [1.82, 2.24) is 0 Å². The van der Waals surface area contributed by atoms with E-state index in [0.29, 0.717) is 9.26 Å². The average Bonchev–Trinajstić information content (AvgIpc) is 1.82. The van der Waals surface area contributed by atoms with Gasteiger partial charge in [0.1, 0.15) is 5.82 Å². The average molecular weight is 252 g/mol. The minimum Gasteiger partial charge on any atom is -0.399 e. The molecule has 0 unspecified atom stereocenters. The van der Waals surface area contributed by atoms with Gasteiger partial charge >= 0.3 is 0 Å². The fourth-order valence-corrected chi connectivity index (χ4v) is 1.22. The van der Waals surface area contributed by atoms with Crippen molar-refractivity contribution in [2.45, 2.75) is 0 Å². The van der Waals surface area contributed by atoms with E-state index in [9.17, 15) is 4.39 Å². The van der Waals surface area contributed by atoms with E-state index in [4.69, 9.17) is 11.5 Å². The second-order valence-electron chi connectivity index (χ2n) is 1.90. The lowest BCUT2D eigenvalue weighted by Crippen LogP contribution is -1.96. The Bertz CT molecular complexity index is 239. The van der Waals surface area contributed by atoms with E-state index in [1.807, 2.05) is 22.6 Å². The Kier molecular flexibility index (Phi) is 1.98. The number of hydrogen-bond donors (Lipinski definition) is 2. The molecule has 10 heavy (non-hydrogen) atoms. The molecule has 0 saturated carbocycles. The molecule has 0 aliphatic heterocycles. The third-order valence-corrected chi connectivity index (χ3v) is 1.99. The van der Waals surface area contributed by atoms with E-state index < -0.39 is 5.82 Å². The van der Waals surface area contributed by atoms with Crippen LogP contribution in [0.15, 0.2) is 12.1 Å². The molecular formula is C6H6FIN2. The first-order valence-corrected chi connectivity index (χ1v) is 3.69. The second kappa shape index (κ2) is 2.61. The zero-order valence-corrected chi connectivity index (χ0v) is 7.22. The molecule has 2 nitrogen and oxygen atoms in total. The van der Waals surface area contributed by atoms with Crippen molar-refractivity contribution in [3.8, 4) is 0 Å². The summed E-state index contributed by atoms with van der Waals surface area (Å²) in [5, 5.41) is 0. The van der Waals surface area contributed by atoms with E-state index in [2.05, 4.69) is 0 Å². The van der Waals surface area contributed by atoms with Gasteiger partial charge < -0.3 is 11.5 Å². The zero-order valence-electron chi connectivity index (χ0n) is 5.07. The van der Waals surface area contributed by atoms with Gasteiger partial charge in [-0.1, -0.05) is 0 Å². The van der Waals surface area contributed by atoms with Crippen LogP contribution < -0.4 is 11.5 Å². The Morgan fingerprint density at radius 2 is 1.90 bits per heavy atom. The van der Waals surface area contributed by atoms with Crippen LogP contribution in [0.5, 0.6) is 0 Å². The lowest BCUT2D eigenvalue weighted by molar-refractivity contribution is 0.632. The summed E-state index contributed by atoms with van der Waals surface area (Å²) >= 11 is 1.93. The van der Waals surface area contributed by atoms with Crippen LogP contribution in [0.25, 0.3) is 0 Å². The number of anilines is 2. The van der Waals surface area contributed by atoms with Gasteiger partial charge in [0.15, 0.2) is 0 Å². The first-order chi connectivity index (χ1) is 4.61. The second-order valence-corrected chi connectivity index (χ2v) is 3.06. The smallest absolute Gasteiger partial charge is 0.149 e. The lowest BCUT2D eigenvalue weighted by Gasteiger charge is -2.00. The molecule has 0 atom stereocenters. The van der Waals surface area contributed by atoms with Crippen molar-refractivity contribution in [1.29, 1.82) is 0 Å². The molecule has 0 radical (unpaired) electrons. The van der Waals surface area contributed by atoms with E-state index >= 15 is 0 Å². The van der Waals surface area contributed by atoms with Crippen LogP contribution in [0.2, 0.25) is 0 Å². The predicted octanol–water partition coefficient (Wildman–Crippen LogP) is 1.59. The molecule has 1 rings (SSSR count). The van der Waals surface area contributed by atoms with E-state index in [1.165, 1.54) is 6.07 Å². The molecule has 0 spiro atoms. The number of benzene rings is 1. The van der Waals surface area contributed by atoms with Crippen molar-refractivity contribution < 1.29 is 4.39 Å². The third kappa shape index (κ3) is 1.31. The number of rotatable bonds is 0. The fourth-order valence-electron chi connectivity index (χ4n) is 0.604. The van der Waals surface area contributed by atoms with Gasteiger partial charge in [0, 0.05) is 9.26 Å². The van der Waals surface area contributed by atoms with Crippen molar-refractivity contribution in [2.75, 3.05) is 11.5 Å². The Labute approximate surface area is 71.5 Å². The molecule has 0 heterocycles. The molecule has 0 aliphatic rings. The third-order valence-electron chi connectivity index (χ3n) is 1.10. The molecule has 0 bridgehead atoms. The summed E-state index contributed by atoms with van der Waals surface area (Å²) in [6.07, 6.45) is 0. The molecular weight excluding hydrogens is 246 g/mol. The minimum atomic E-state index is -0.454. The molecule has 4 N–H and O–H groups in total. The van der Waals surface area contributed by atoms with Gasteiger partial charge in [-0.05, 0) is 34.7 Å². The van der Waals surface area contributed by atoms with Gasteiger partial charge in [-0.15, -0.1) is 0 Å². The first kappa shape index (κ1) is 7.59. The van der Waals surface area contributed by atoms with E-state index in [0.717, 1.165) is 0 Å². The van der Waals surface area contributed by atoms with Crippen LogP contribution in [0.1, 0.15) is 0 Å². The van der Waals surface area contributed by atoms with Crippen LogP contribution in [0.3, 0.4) is 0 Å². The Hall–Kier alpha value is -0.520. The van der Waals surface area contributed by atoms with Gasteiger partial charge in [0.2, 0.25) is 0 Å². The van der Waals surface area contributed by atoms with Crippen molar-refractivity contribution in [3.05, 3.63) is 21.5 Å². The highest BCUT2D eigenvalue weighted by atomic mass is 127. The standard InChI is InChI=1S/C6H6FIN2/c7-4-1-3(9)2-5(8)6(4)10/h1-2H,9-10H2. The Morgan fingerprint density at radius 1 is 1.30 bits per heavy atom. The molecule has 0 saturated heterocycles. The largest absolute Gasteiger partial charge is 0.399 e. The number of nitrogen functional groups attached to an aromatic ring is 2. The van der Waals surface area contributed by atoms with Gasteiger partial charge in [0.05, 0.1) is 5.69 Å². The van der Waals surface area contributed by atoms with Gasteiger partial charge in [-0.25, -0.2) is 4.39 Å². The lowest BCUT2D eigenvalue weighted by atomic mass is 10.3. The summed E-state index contributed by atoms with van der Waals surface area (Å²) in [6, 6.07) is 2.83. The quantitative estimate of drug-likeness (QED) is 0.544. The Morgan fingerprint density at radius 3 is 2.40 bits per heavy atom. The summed E-state index contributed by atoms with van der Waals surface area (Å²) in [5.74, 6) is -0.454. The topological polar surface area (TPSA) is 52.0 Å². The molecule has 4 heteroatoms. The molecule has 1 aromatic rings. The molecule has 0 aromatic heterocycles. The predicted molar refractivity (Wildman–Crippen MR) is 47.9 cm³/mol. The van der Waals surface area contributed by atoms with Gasteiger partial charge in [-0.3, -0.25) is 0 Å². The van der Waals surface area contributed by atoms with Crippen LogP contribution in [0, 0.1) is 9.39 Å². The van der Waals surface area contributed by atoms with Crippen molar-refractivity contribution >= 4 is 34.0 Å². The summed E-state index contributed by atoms with van der Waals surface area (Å²) in [7, 11) is 0. The van der Waals surface area contributed by atoms with Crippen LogP contribution in [0.4, 0.5) is 15.8 Å². The number of nitrogens with two attached hydrogens (primary N) is 2. The highest BCUT2D eigenvalue weighted by Gasteiger charge is 2.02. The summed E-state index contributed by atoms with van der Waals surface area (Å²) in [4.78, 5) is 0. The van der Waals surface area contributed by atoms with E-state index in [-0.39, 0.29) is 5.69 Å². The maximum Gasteiger partial charge on any atom is 0.149 e. The summed E-state index contributed by atoms with van der Waals surface area (Å²) < 4.78 is 13.3. The molecule has 0 fully saturated rings. The summed E-state index contributed by atoms with van der Waals surface area (Å²) in [6.45, 7) is 0. The Balaban J connectivity index is 3.31. The van der Waals surface area contributed by atoms with Crippen molar-refractivity contribution in [2.24, 2.45) is 0 Å². The SMILES string of the molecule is Nc1cc(F)c(N)c(I)c1. The maximum absolute atomic E-state index is 12.6. The molecule has 0 amide bonds. The molecule has 54 valence electrons. The molecule has 0 aliphatic carbocycles. The van der Waals surface area contributed by atoms with Gasteiger partial charge in [0.25, 0.3) is 0 Å². The number of hydrogen-bond acceptors (Lipinski definition) is 2.